The summed E-state index contributed by atoms with van der Waals surface area (Å²) in [7, 11) is 0. The van der Waals surface area contributed by atoms with Crippen molar-refractivity contribution in [3.63, 3.8) is 0 Å². The number of benzene rings is 4. The van der Waals surface area contributed by atoms with Gasteiger partial charge in [0, 0.05) is 17.3 Å². The van der Waals surface area contributed by atoms with Crippen LogP contribution in [-0.2, 0) is 16.2 Å². The molecule has 4 aromatic carbocycles. The number of hydrogen-bond donors (Lipinski definition) is 1. The number of imidazole rings is 1. The van der Waals surface area contributed by atoms with Gasteiger partial charge in [-0.15, -0.1) is 0 Å². The second kappa shape index (κ2) is 11.3. The van der Waals surface area contributed by atoms with E-state index in [4.69, 9.17) is 4.98 Å². The molecule has 6 rings (SSSR count). The highest BCUT2D eigenvalue weighted by Crippen LogP contribution is 2.44. The van der Waals surface area contributed by atoms with Crippen molar-refractivity contribution in [1.82, 2.24) is 14.5 Å². The number of rotatable bonds is 4. The van der Waals surface area contributed by atoms with Crippen molar-refractivity contribution in [1.29, 1.82) is 0 Å². The number of hydrogen-bond acceptors (Lipinski definition) is 3. The molecule has 46 heavy (non-hydrogen) atoms. The SMILES string of the molecule is CC(C)(C)c1cc(-c2cccc(-c3ccccn3)c2)c2nc(-c3ccccc3O)n(-c3c(C(C)(C)C)cccc3C(C)(C)C)c2c1. The highest BCUT2D eigenvalue weighted by Gasteiger charge is 2.31. The minimum absolute atomic E-state index is 0.123. The van der Waals surface area contributed by atoms with Crippen molar-refractivity contribution >= 4 is 11.0 Å². The molecule has 0 unspecified atom stereocenters. The van der Waals surface area contributed by atoms with Crippen molar-refractivity contribution in [3.05, 3.63) is 120 Å². The molecule has 0 saturated carbocycles. The molecule has 0 aliphatic heterocycles. The fourth-order valence-electron chi connectivity index (χ4n) is 6.27. The zero-order chi connectivity index (χ0) is 33.0. The lowest BCUT2D eigenvalue weighted by atomic mass is 9.78. The van der Waals surface area contributed by atoms with Gasteiger partial charge in [-0.25, -0.2) is 4.98 Å². The molecule has 0 saturated heterocycles. The number of aromatic nitrogens is 3. The molecule has 0 amide bonds. The Kier molecular flexibility index (Phi) is 7.67. The number of phenolic OH excluding ortho intramolecular Hbond substituents is 1. The lowest BCUT2D eigenvalue weighted by molar-refractivity contribution is 0.477. The van der Waals surface area contributed by atoms with E-state index < -0.39 is 0 Å². The third-order valence-electron chi connectivity index (χ3n) is 8.78. The van der Waals surface area contributed by atoms with Crippen molar-refractivity contribution in [3.8, 4) is 45.2 Å². The van der Waals surface area contributed by atoms with Crippen LogP contribution in [0.2, 0.25) is 0 Å². The predicted molar refractivity (Wildman–Crippen MR) is 193 cm³/mol. The quantitative estimate of drug-likeness (QED) is 0.217. The summed E-state index contributed by atoms with van der Waals surface area (Å²) in [5.41, 5.74) is 11.1. The third kappa shape index (κ3) is 5.73. The lowest BCUT2D eigenvalue weighted by Crippen LogP contribution is -2.22. The monoisotopic (exact) mass is 607 g/mol. The Morgan fingerprint density at radius 3 is 1.83 bits per heavy atom. The average molecular weight is 608 g/mol. The molecule has 4 heteroatoms. The topological polar surface area (TPSA) is 50.9 Å². The van der Waals surface area contributed by atoms with Gasteiger partial charge in [-0.2, -0.15) is 0 Å². The van der Waals surface area contributed by atoms with E-state index in [0.29, 0.717) is 5.56 Å². The van der Waals surface area contributed by atoms with Gasteiger partial charge in [-0.1, -0.05) is 117 Å². The van der Waals surface area contributed by atoms with E-state index in [1.807, 2.05) is 42.6 Å². The lowest BCUT2D eigenvalue weighted by Gasteiger charge is -2.31. The van der Waals surface area contributed by atoms with E-state index in [1.54, 1.807) is 6.07 Å². The van der Waals surface area contributed by atoms with Gasteiger partial charge >= 0.3 is 0 Å². The summed E-state index contributed by atoms with van der Waals surface area (Å²) in [6, 6.07) is 33.4. The zero-order valence-corrected chi connectivity index (χ0v) is 28.6. The molecular weight excluding hydrogens is 562 g/mol. The molecule has 234 valence electrons. The highest BCUT2D eigenvalue weighted by atomic mass is 16.3. The van der Waals surface area contributed by atoms with Crippen molar-refractivity contribution in [2.24, 2.45) is 0 Å². The van der Waals surface area contributed by atoms with Crippen LogP contribution in [0.15, 0.2) is 103 Å². The summed E-state index contributed by atoms with van der Waals surface area (Å²) in [6.45, 7) is 20.4. The molecule has 1 N–H and O–H groups in total. The fraction of sp³-hybridized carbons (Fsp3) is 0.286. The van der Waals surface area contributed by atoms with Crippen LogP contribution >= 0.6 is 0 Å². The molecule has 0 radical (unpaired) electrons. The number of aromatic hydroxyl groups is 1. The van der Waals surface area contributed by atoms with E-state index >= 15 is 0 Å². The van der Waals surface area contributed by atoms with Crippen molar-refractivity contribution in [2.45, 2.75) is 78.6 Å². The number of pyridine rings is 1. The molecule has 2 heterocycles. The molecule has 0 bridgehead atoms. The summed E-state index contributed by atoms with van der Waals surface area (Å²) >= 11 is 0. The fourth-order valence-corrected chi connectivity index (χ4v) is 6.27. The van der Waals surface area contributed by atoms with Crippen LogP contribution in [0.1, 0.15) is 79.0 Å². The standard InChI is InChI=1S/C42H45N3O/c1-40(2,3)29-25-31(27-16-14-17-28(24-27)34-21-12-13-23-43-34)37-35(26-29)45(39(44-37)30-18-10-11-22-36(30)46)38-32(41(4,5)6)19-15-20-33(38)42(7,8)9/h10-26,46H,1-9H3. The summed E-state index contributed by atoms with van der Waals surface area (Å²) in [5.74, 6) is 0.933. The van der Waals surface area contributed by atoms with Crippen LogP contribution in [-0.4, -0.2) is 19.6 Å². The maximum absolute atomic E-state index is 11.3. The molecule has 2 aromatic heterocycles. The van der Waals surface area contributed by atoms with Gasteiger partial charge in [0.2, 0.25) is 0 Å². The van der Waals surface area contributed by atoms with Crippen LogP contribution < -0.4 is 0 Å². The second-order valence-corrected chi connectivity index (χ2v) is 15.4. The summed E-state index contributed by atoms with van der Waals surface area (Å²) in [5, 5.41) is 11.3. The van der Waals surface area contributed by atoms with Gasteiger partial charge in [0.05, 0.1) is 28.0 Å². The first-order valence-electron chi connectivity index (χ1n) is 16.2. The molecule has 4 nitrogen and oxygen atoms in total. The minimum Gasteiger partial charge on any atom is -0.507 e. The Balaban J connectivity index is 1.81. The van der Waals surface area contributed by atoms with E-state index in [1.165, 1.54) is 16.7 Å². The second-order valence-electron chi connectivity index (χ2n) is 15.4. The molecule has 0 spiro atoms. The maximum atomic E-state index is 11.3. The Bertz CT molecular complexity index is 2020. The summed E-state index contributed by atoms with van der Waals surface area (Å²) in [4.78, 5) is 10.1. The number of nitrogens with zero attached hydrogens (tertiary/aromatic N) is 3. The molecular formula is C42H45N3O. The molecule has 0 aliphatic rings. The number of para-hydroxylation sites is 2. The molecule has 0 aliphatic carbocycles. The first-order chi connectivity index (χ1) is 21.6. The Morgan fingerprint density at radius 2 is 1.22 bits per heavy atom. The van der Waals surface area contributed by atoms with Crippen molar-refractivity contribution in [2.75, 3.05) is 0 Å². The Morgan fingerprint density at radius 1 is 0.587 bits per heavy atom. The Hall–Kier alpha value is -4.70. The first kappa shape index (κ1) is 31.3. The average Bonchev–Trinajstić information content (AvgIpc) is 3.38. The maximum Gasteiger partial charge on any atom is 0.149 e. The third-order valence-corrected chi connectivity index (χ3v) is 8.78. The van der Waals surface area contributed by atoms with Gasteiger partial charge in [0.15, 0.2) is 0 Å². The minimum atomic E-state index is -0.148. The van der Waals surface area contributed by atoms with E-state index in [9.17, 15) is 5.11 Å². The smallest absolute Gasteiger partial charge is 0.149 e. The van der Waals surface area contributed by atoms with Gasteiger partial charge in [-0.3, -0.25) is 9.55 Å². The van der Waals surface area contributed by atoms with Gasteiger partial charge in [0.25, 0.3) is 0 Å². The Labute approximate surface area is 273 Å². The number of fused-ring (bicyclic) bond motifs is 1. The summed E-state index contributed by atoms with van der Waals surface area (Å²) < 4.78 is 2.33. The van der Waals surface area contributed by atoms with E-state index in [2.05, 4.69) is 126 Å². The van der Waals surface area contributed by atoms with E-state index in [-0.39, 0.29) is 22.0 Å². The van der Waals surface area contributed by atoms with Crippen LogP contribution in [0.25, 0.3) is 50.5 Å². The largest absolute Gasteiger partial charge is 0.507 e. The highest BCUT2D eigenvalue weighted by molar-refractivity contribution is 5.97. The molecule has 6 aromatic rings. The van der Waals surface area contributed by atoms with Gasteiger partial charge in [-0.05, 0) is 81.0 Å². The van der Waals surface area contributed by atoms with Crippen LogP contribution in [0.3, 0.4) is 0 Å². The van der Waals surface area contributed by atoms with Gasteiger partial charge < -0.3 is 5.11 Å². The van der Waals surface area contributed by atoms with Crippen molar-refractivity contribution < 1.29 is 5.11 Å². The summed E-state index contributed by atoms with van der Waals surface area (Å²) in [6.07, 6.45) is 1.83. The number of phenols is 1. The zero-order valence-electron chi connectivity index (χ0n) is 28.6. The van der Waals surface area contributed by atoms with E-state index in [0.717, 1.165) is 44.9 Å². The van der Waals surface area contributed by atoms with Crippen LogP contribution in [0.4, 0.5) is 0 Å². The van der Waals surface area contributed by atoms with Crippen LogP contribution in [0.5, 0.6) is 5.75 Å². The normalized spacial score (nSPS) is 12.5. The van der Waals surface area contributed by atoms with Gasteiger partial charge in [0.1, 0.15) is 11.6 Å². The van der Waals surface area contributed by atoms with Crippen LogP contribution in [0, 0.1) is 0 Å². The predicted octanol–water partition coefficient (Wildman–Crippen LogP) is 11.0. The first-order valence-corrected chi connectivity index (χ1v) is 16.2. The molecule has 0 fully saturated rings. The molecule has 0 atom stereocenters.